The summed E-state index contributed by atoms with van der Waals surface area (Å²) in [5.41, 5.74) is 0.308. The minimum Gasteiger partial charge on any atom is -0.355 e. The molecule has 1 fully saturated rings. The largest absolute Gasteiger partial charge is 0.416 e. The van der Waals surface area contributed by atoms with Crippen LogP contribution in [0.1, 0.15) is 19.4 Å². The van der Waals surface area contributed by atoms with Crippen molar-refractivity contribution in [1.29, 1.82) is 0 Å². The molecule has 7 heteroatoms. The van der Waals surface area contributed by atoms with Gasteiger partial charge in [-0.05, 0) is 32.0 Å². The summed E-state index contributed by atoms with van der Waals surface area (Å²) < 4.78 is 38.8. The third-order valence-corrected chi connectivity index (χ3v) is 4.73. The van der Waals surface area contributed by atoms with Crippen molar-refractivity contribution in [2.75, 3.05) is 36.5 Å². The van der Waals surface area contributed by atoms with Gasteiger partial charge in [-0.1, -0.05) is 0 Å². The molecular weight excluding hydrogens is 307 g/mol. The van der Waals surface area contributed by atoms with E-state index < -0.39 is 11.7 Å². The monoisotopic (exact) mass is 327 g/mol. The van der Waals surface area contributed by atoms with E-state index >= 15 is 0 Å². The second-order valence-electron chi connectivity index (χ2n) is 6.40. The molecule has 1 amide bonds. The highest BCUT2D eigenvalue weighted by molar-refractivity contribution is 6.05. The van der Waals surface area contributed by atoms with E-state index in [9.17, 15) is 18.0 Å². The molecule has 1 aromatic rings. The summed E-state index contributed by atoms with van der Waals surface area (Å²) in [6, 6.07) is 3.65. The summed E-state index contributed by atoms with van der Waals surface area (Å²) in [6.07, 6.45) is -4.41. The van der Waals surface area contributed by atoms with Gasteiger partial charge in [0.1, 0.15) is 6.04 Å². The number of hydrogen-bond donors (Lipinski definition) is 0. The molecule has 4 nitrogen and oxygen atoms in total. The Morgan fingerprint density at radius 3 is 2.48 bits per heavy atom. The molecule has 0 unspecified atom stereocenters. The highest BCUT2D eigenvalue weighted by atomic mass is 19.4. The number of anilines is 2. The first kappa shape index (κ1) is 16.1. The first-order valence-corrected chi connectivity index (χ1v) is 7.69. The molecule has 2 heterocycles. The zero-order chi connectivity index (χ0) is 16.9. The number of piperazine rings is 1. The molecule has 0 aliphatic carbocycles. The van der Waals surface area contributed by atoms with Crippen LogP contribution in [0.4, 0.5) is 24.5 Å². The summed E-state index contributed by atoms with van der Waals surface area (Å²) in [5, 5.41) is 0. The Kier molecular flexibility index (Phi) is 3.78. The molecule has 1 atom stereocenters. The molecule has 126 valence electrons. The lowest BCUT2D eigenvalue weighted by Crippen LogP contribution is -2.63. The molecule has 0 radical (unpaired) electrons. The lowest BCUT2D eigenvalue weighted by Gasteiger charge is -2.48. The van der Waals surface area contributed by atoms with E-state index in [-0.39, 0.29) is 11.9 Å². The Hall–Kier alpha value is -1.76. The Morgan fingerprint density at radius 1 is 1.17 bits per heavy atom. The van der Waals surface area contributed by atoms with Crippen molar-refractivity contribution in [3.63, 3.8) is 0 Å². The summed E-state index contributed by atoms with van der Waals surface area (Å²) >= 11 is 0. The summed E-state index contributed by atoms with van der Waals surface area (Å²) in [6.45, 7) is 6.19. The first-order valence-electron chi connectivity index (χ1n) is 7.69. The maximum Gasteiger partial charge on any atom is 0.416 e. The van der Waals surface area contributed by atoms with Crippen molar-refractivity contribution in [2.45, 2.75) is 32.1 Å². The van der Waals surface area contributed by atoms with Gasteiger partial charge in [0.05, 0.1) is 16.9 Å². The fourth-order valence-electron chi connectivity index (χ4n) is 3.33. The fourth-order valence-corrected chi connectivity index (χ4v) is 3.33. The van der Waals surface area contributed by atoms with Crippen LogP contribution in [-0.2, 0) is 11.0 Å². The van der Waals surface area contributed by atoms with Gasteiger partial charge >= 0.3 is 6.18 Å². The zero-order valence-corrected chi connectivity index (χ0v) is 13.4. The Bertz CT molecular complexity index is 629. The minimum absolute atomic E-state index is 0.151. The van der Waals surface area contributed by atoms with Crippen molar-refractivity contribution in [1.82, 2.24) is 4.90 Å². The van der Waals surface area contributed by atoms with Gasteiger partial charge in [-0.25, -0.2) is 0 Å². The highest BCUT2D eigenvalue weighted by Crippen LogP contribution is 2.41. The van der Waals surface area contributed by atoms with E-state index in [0.29, 0.717) is 30.5 Å². The fraction of sp³-hybridized carbons (Fsp3) is 0.562. The average Bonchev–Trinajstić information content (AvgIpc) is 2.50. The average molecular weight is 327 g/mol. The standard InChI is InChI=1S/C16H20F3N3O/c1-10(2)21-6-7-22-12-5-4-11(16(17,18)19)8-13(12)20(3)15(23)14(22)9-21/h4-5,8,10,14H,6-7,9H2,1-3H3/t14-/m0/s1. The Balaban J connectivity index is 1.99. The van der Waals surface area contributed by atoms with Gasteiger partial charge in [0.2, 0.25) is 0 Å². The number of nitrogens with zero attached hydrogens (tertiary/aromatic N) is 3. The third-order valence-electron chi connectivity index (χ3n) is 4.73. The van der Waals surface area contributed by atoms with Crippen LogP contribution >= 0.6 is 0 Å². The van der Waals surface area contributed by atoms with Crippen LogP contribution < -0.4 is 9.80 Å². The molecule has 0 bridgehead atoms. The van der Waals surface area contributed by atoms with Crippen molar-refractivity contribution < 1.29 is 18.0 Å². The van der Waals surface area contributed by atoms with E-state index in [1.807, 2.05) is 4.90 Å². The smallest absolute Gasteiger partial charge is 0.355 e. The lowest BCUT2D eigenvalue weighted by molar-refractivity contribution is -0.137. The van der Waals surface area contributed by atoms with Crippen LogP contribution in [-0.4, -0.2) is 49.6 Å². The van der Waals surface area contributed by atoms with Crippen molar-refractivity contribution in [2.24, 2.45) is 0 Å². The van der Waals surface area contributed by atoms with Gasteiger partial charge in [-0.3, -0.25) is 9.69 Å². The molecular formula is C16H20F3N3O. The molecule has 1 saturated heterocycles. The molecule has 2 aliphatic rings. The molecule has 3 rings (SSSR count). The number of likely N-dealkylation sites (N-methyl/N-ethyl adjacent to an activating group) is 1. The van der Waals surface area contributed by atoms with Gasteiger partial charge < -0.3 is 9.80 Å². The molecule has 0 spiro atoms. The first-order chi connectivity index (χ1) is 10.7. The summed E-state index contributed by atoms with van der Waals surface area (Å²) in [5.74, 6) is -0.151. The van der Waals surface area contributed by atoms with E-state index in [4.69, 9.17) is 0 Å². The van der Waals surface area contributed by atoms with Crippen molar-refractivity contribution >= 4 is 17.3 Å². The topological polar surface area (TPSA) is 26.8 Å². The van der Waals surface area contributed by atoms with E-state index in [2.05, 4.69) is 18.7 Å². The van der Waals surface area contributed by atoms with Gasteiger partial charge in [0.25, 0.3) is 5.91 Å². The van der Waals surface area contributed by atoms with Crippen LogP contribution in [0.25, 0.3) is 0 Å². The summed E-state index contributed by atoms with van der Waals surface area (Å²) in [4.78, 5) is 18.1. The number of alkyl halides is 3. The minimum atomic E-state index is -4.41. The van der Waals surface area contributed by atoms with E-state index in [0.717, 1.165) is 18.7 Å². The predicted molar refractivity (Wildman–Crippen MR) is 82.7 cm³/mol. The number of carbonyl (C=O) groups is 1. The molecule has 23 heavy (non-hydrogen) atoms. The van der Waals surface area contributed by atoms with E-state index in [1.54, 1.807) is 7.05 Å². The number of rotatable bonds is 1. The van der Waals surface area contributed by atoms with E-state index in [1.165, 1.54) is 11.0 Å². The molecule has 1 aromatic carbocycles. The number of carbonyl (C=O) groups excluding carboxylic acids is 1. The number of hydrogen-bond acceptors (Lipinski definition) is 3. The van der Waals surface area contributed by atoms with Gasteiger partial charge in [-0.15, -0.1) is 0 Å². The van der Waals surface area contributed by atoms with Crippen LogP contribution in [0.15, 0.2) is 18.2 Å². The molecule has 2 aliphatic heterocycles. The van der Waals surface area contributed by atoms with Gasteiger partial charge in [0.15, 0.2) is 0 Å². The van der Waals surface area contributed by atoms with Crippen molar-refractivity contribution in [3.05, 3.63) is 23.8 Å². The number of fused-ring (bicyclic) bond motifs is 3. The van der Waals surface area contributed by atoms with Crippen LogP contribution in [0.5, 0.6) is 0 Å². The molecule has 0 aromatic heterocycles. The van der Waals surface area contributed by atoms with Crippen LogP contribution in [0, 0.1) is 0 Å². The summed E-state index contributed by atoms with van der Waals surface area (Å²) in [7, 11) is 1.55. The highest BCUT2D eigenvalue weighted by Gasteiger charge is 2.41. The van der Waals surface area contributed by atoms with Crippen molar-refractivity contribution in [3.8, 4) is 0 Å². The lowest BCUT2D eigenvalue weighted by atomic mass is 10.0. The molecule has 0 N–H and O–H groups in total. The zero-order valence-electron chi connectivity index (χ0n) is 13.4. The SMILES string of the molecule is CC(C)N1CCN2c3ccc(C(F)(F)F)cc3N(C)C(=O)[C@@H]2C1. The van der Waals surface area contributed by atoms with Gasteiger partial charge in [0, 0.05) is 32.7 Å². The second-order valence-corrected chi connectivity index (χ2v) is 6.40. The van der Waals surface area contributed by atoms with Gasteiger partial charge in [-0.2, -0.15) is 13.2 Å². The Morgan fingerprint density at radius 2 is 1.87 bits per heavy atom. The Labute approximate surface area is 133 Å². The predicted octanol–water partition coefficient (Wildman–Crippen LogP) is 2.58. The quantitative estimate of drug-likeness (QED) is 0.793. The number of benzene rings is 1. The third kappa shape index (κ3) is 2.67. The second kappa shape index (κ2) is 5.40. The molecule has 0 saturated carbocycles. The van der Waals surface area contributed by atoms with Crippen LogP contribution in [0.3, 0.4) is 0 Å². The normalized spacial score (nSPS) is 22.4. The maximum absolute atomic E-state index is 12.9. The maximum atomic E-state index is 12.9. The van der Waals surface area contributed by atoms with Crippen LogP contribution in [0.2, 0.25) is 0 Å². The number of amides is 1. The number of halogens is 3.